The van der Waals surface area contributed by atoms with Crippen LogP contribution in [0.25, 0.3) is 0 Å². The normalized spacial score (nSPS) is 19.1. The van der Waals surface area contributed by atoms with Gasteiger partial charge in [-0.15, -0.1) is 0 Å². The summed E-state index contributed by atoms with van der Waals surface area (Å²) in [6, 6.07) is 8.17. The molecule has 1 fully saturated rings. The van der Waals surface area contributed by atoms with E-state index < -0.39 is 5.79 Å². The Morgan fingerprint density at radius 1 is 1.17 bits per heavy atom. The maximum atomic E-state index is 6.23. The summed E-state index contributed by atoms with van der Waals surface area (Å²) in [5, 5.41) is 0. The van der Waals surface area contributed by atoms with Crippen molar-refractivity contribution >= 4 is 0 Å². The van der Waals surface area contributed by atoms with Crippen LogP contribution in [0.3, 0.4) is 0 Å². The molecule has 3 rings (SSSR count). The largest absolute Gasteiger partial charge is 0.497 e. The molecular weight excluding hydrogens is 304 g/mol. The second-order valence-corrected chi connectivity index (χ2v) is 7.24. The van der Waals surface area contributed by atoms with Gasteiger partial charge in [0.2, 0.25) is 0 Å². The number of rotatable bonds is 6. The van der Waals surface area contributed by atoms with Crippen molar-refractivity contribution in [2.45, 2.75) is 39.0 Å². The fourth-order valence-corrected chi connectivity index (χ4v) is 2.84. The van der Waals surface area contributed by atoms with E-state index in [9.17, 15) is 0 Å². The third kappa shape index (κ3) is 4.16. The van der Waals surface area contributed by atoms with Crippen LogP contribution in [0.1, 0.15) is 25.8 Å². The van der Waals surface area contributed by atoms with Gasteiger partial charge in [-0.25, -0.2) is 4.98 Å². The molecule has 5 heteroatoms. The van der Waals surface area contributed by atoms with Crippen LogP contribution in [0.5, 0.6) is 5.75 Å². The van der Waals surface area contributed by atoms with Crippen LogP contribution in [-0.4, -0.2) is 35.7 Å². The first-order valence-corrected chi connectivity index (χ1v) is 8.37. The summed E-state index contributed by atoms with van der Waals surface area (Å²) in [6.07, 6.45) is 7.22. The number of benzene rings is 1. The Labute approximate surface area is 143 Å². The van der Waals surface area contributed by atoms with E-state index in [1.54, 1.807) is 13.3 Å². The van der Waals surface area contributed by atoms with Gasteiger partial charge in [0.1, 0.15) is 5.75 Å². The van der Waals surface area contributed by atoms with Gasteiger partial charge in [0.05, 0.1) is 33.2 Å². The van der Waals surface area contributed by atoms with Gasteiger partial charge < -0.3 is 18.8 Å². The summed E-state index contributed by atoms with van der Waals surface area (Å²) >= 11 is 0. The van der Waals surface area contributed by atoms with E-state index in [0.717, 1.165) is 18.6 Å². The van der Waals surface area contributed by atoms with Crippen LogP contribution in [0, 0.1) is 5.41 Å². The summed E-state index contributed by atoms with van der Waals surface area (Å²) in [7, 11) is 1.68. The molecule has 0 N–H and O–H groups in total. The SMILES string of the molecule is COc1ccc(CCC2(Cn3ccnc3)OCC(C)(C)CO2)cc1. The van der Waals surface area contributed by atoms with Crippen molar-refractivity contribution in [2.24, 2.45) is 5.41 Å². The fraction of sp³-hybridized carbons (Fsp3) is 0.526. The van der Waals surface area contributed by atoms with Crippen LogP contribution in [-0.2, 0) is 22.4 Å². The minimum Gasteiger partial charge on any atom is -0.497 e. The lowest BCUT2D eigenvalue weighted by molar-refractivity contribution is -0.307. The Balaban J connectivity index is 1.69. The van der Waals surface area contributed by atoms with Crippen molar-refractivity contribution in [2.75, 3.05) is 20.3 Å². The molecule has 0 aliphatic carbocycles. The summed E-state index contributed by atoms with van der Waals surface area (Å²) in [5.74, 6) is 0.273. The number of hydrogen-bond acceptors (Lipinski definition) is 4. The maximum absolute atomic E-state index is 6.23. The molecule has 0 unspecified atom stereocenters. The van der Waals surface area contributed by atoms with Gasteiger partial charge in [0.15, 0.2) is 5.79 Å². The van der Waals surface area contributed by atoms with E-state index in [1.807, 2.05) is 29.2 Å². The van der Waals surface area contributed by atoms with Crippen molar-refractivity contribution in [1.29, 1.82) is 0 Å². The average Bonchev–Trinajstić information content (AvgIpc) is 3.09. The quantitative estimate of drug-likeness (QED) is 0.815. The molecule has 2 heterocycles. The third-order valence-electron chi connectivity index (χ3n) is 4.39. The first kappa shape index (κ1) is 17.0. The number of nitrogens with zero attached hydrogens (tertiary/aromatic N) is 2. The third-order valence-corrected chi connectivity index (χ3v) is 4.39. The zero-order chi connectivity index (χ0) is 17.0. The van der Waals surface area contributed by atoms with E-state index in [-0.39, 0.29) is 5.41 Å². The molecule has 1 aliphatic rings. The van der Waals surface area contributed by atoms with Gasteiger partial charge >= 0.3 is 0 Å². The molecular formula is C19H26N2O3. The van der Waals surface area contributed by atoms with Crippen molar-refractivity contribution in [3.8, 4) is 5.75 Å². The fourth-order valence-electron chi connectivity index (χ4n) is 2.84. The molecule has 1 aliphatic heterocycles. The molecule has 0 radical (unpaired) electrons. The highest BCUT2D eigenvalue weighted by atomic mass is 16.7. The first-order chi connectivity index (χ1) is 11.5. The Bertz CT molecular complexity index is 625. The molecule has 0 saturated carbocycles. The molecule has 0 bridgehead atoms. The second-order valence-electron chi connectivity index (χ2n) is 7.24. The van der Waals surface area contributed by atoms with Crippen molar-refractivity contribution < 1.29 is 14.2 Å². The number of ether oxygens (including phenoxy) is 3. The smallest absolute Gasteiger partial charge is 0.186 e. The summed E-state index contributed by atoms with van der Waals surface area (Å²) in [6.45, 7) is 6.38. The monoisotopic (exact) mass is 330 g/mol. The molecule has 1 aromatic heterocycles. The predicted octanol–water partition coefficient (Wildman–Crippen LogP) is 3.29. The van der Waals surface area contributed by atoms with Crippen molar-refractivity contribution in [3.05, 3.63) is 48.5 Å². The molecule has 5 nitrogen and oxygen atoms in total. The molecule has 1 aromatic carbocycles. The van der Waals surface area contributed by atoms with E-state index in [1.165, 1.54) is 5.56 Å². The molecule has 0 spiro atoms. The van der Waals surface area contributed by atoms with Gasteiger partial charge in [-0.05, 0) is 24.1 Å². The Kier molecular flexibility index (Phi) is 4.92. The van der Waals surface area contributed by atoms with Crippen molar-refractivity contribution in [1.82, 2.24) is 9.55 Å². The Hall–Kier alpha value is -1.85. The summed E-state index contributed by atoms with van der Waals surface area (Å²) in [4.78, 5) is 4.12. The molecule has 130 valence electrons. The van der Waals surface area contributed by atoms with Crippen LogP contribution in [0.15, 0.2) is 43.0 Å². The second kappa shape index (κ2) is 6.95. The minimum atomic E-state index is -0.601. The molecule has 0 atom stereocenters. The number of aryl methyl sites for hydroxylation is 1. The molecule has 0 amide bonds. The first-order valence-electron chi connectivity index (χ1n) is 8.37. The maximum Gasteiger partial charge on any atom is 0.186 e. The van der Waals surface area contributed by atoms with Gasteiger partial charge in [-0.2, -0.15) is 0 Å². The van der Waals surface area contributed by atoms with Gasteiger partial charge in [-0.3, -0.25) is 0 Å². The molecule has 1 saturated heterocycles. The Morgan fingerprint density at radius 2 is 1.88 bits per heavy atom. The molecule has 2 aromatic rings. The Morgan fingerprint density at radius 3 is 2.46 bits per heavy atom. The van der Waals surface area contributed by atoms with Crippen molar-refractivity contribution in [3.63, 3.8) is 0 Å². The standard InChI is InChI=1S/C19H26N2O3/c1-18(2)13-23-19(24-14-18,12-21-11-10-20-15-21)9-8-16-4-6-17(22-3)7-5-16/h4-7,10-11,15H,8-9,12-14H2,1-3H3. The average molecular weight is 330 g/mol. The number of imidazole rings is 1. The van der Waals surface area contributed by atoms with Crippen LogP contribution < -0.4 is 4.74 Å². The number of hydrogen-bond donors (Lipinski definition) is 0. The lowest BCUT2D eigenvalue weighted by atomic mass is 9.93. The lowest BCUT2D eigenvalue weighted by Gasteiger charge is -2.43. The van der Waals surface area contributed by atoms with E-state index in [4.69, 9.17) is 14.2 Å². The van der Waals surface area contributed by atoms with Gasteiger partial charge in [-0.1, -0.05) is 26.0 Å². The highest BCUT2D eigenvalue weighted by molar-refractivity contribution is 5.27. The highest BCUT2D eigenvalue weighted by Gasteiger charge is 2.40. The topological polar surface area (TPSA) is 45.5 Å². The van der Waals surface area contributed by atoms with E-state index >= 15 is 0 Å². The number of methoxy groups -OCH3 is 1. The predicted molar refractivity (Wildman–Crippen MR) is 92.0 cm³/mol. The van der Waals surface area contributed by atoms with Crippen LogP contribution in [0.2, 0.25) is 0 Å². The van der Waals surface area contributed by atoms with E-state index in [0.29, 0.717) is 19.8 Å². The van der Waals surface area contributed by atoms with Gasteiger partial charge in [0, 0.05) is 24.2 Å². The highest BCUT2D eigenvalue weighted by Crippen LogP contribution is 2.33. The lowest BCUT2D eigenvalue weighted by Crippen LogP contribution is -2.50. The number of aromatic nitrogens is 2. The van der Waals surface area contributed by atoms with Crippen LogP contribution >= 0.6 is 0 Å². The zero-order valence-corrected chi connectivity index (χ0v) is 14.7. The molecule has 24 heavy (non-hydrogen) atoms. The minimum absolute atomic E-state index is 0.0541. The van der Waals surface area contributed by atoms with Crippen LogP contribution in [0.4, 0.5) is 0 Å². The summed E-state index contributed by atoms with van der Waals surface area (Å²) < 4.78 is 19.7. The van der Waals surface area contributed by atoms with E-state index in [2.05, 4.69) is 31.0 Å². The zero-order valence-electron chi connectivity index (χ0n) is 14.7. The van der Waals surface area contributed by atoms with Gasteiger partial charge in [0.25, 0.3) is 0 Å². The summed E-state index contributed by atoms with van der Waals surface area (Å²) in [5.41, 5.74) is 1.30.